The molecule has 1 heterocycles. The molecule has 0 radical (unpaired) electrons. The van der Waals surface area contributed by atoms with Crippen LogP contribution in [0.5, 0.6) is 5.75 Å². The number of carbonyl (C=O) groups is 3. The van der Waals surface area contributed by atoms with Crippen LogP contribution in [0.2, 0.25) is 0 Å². The van der Waals surface area contributed by atoms with Gasteiger partial charge >= 0.3 is 5.97 Å². The van der Waals surface area contributed by atoms with E-state index in [2.05, 4.69) is 21.2 Å². The molecule has 0 unspecified atom stereocenters. The summed E-state index contributed by atoms with van der Waals surface area (Å²) in [6.07, 6.45) is 0.860. The van der Waals surface area contributed by atoms with Gasteiger partial charge in [0.05, 0.1) is 12.0 Å². The van der Waals surface area contributed by atoms with Gasteiger partial charge in [0.25, 0.3) is 5.91 Å². The number of carbonyl (C=O) groups excluding carboxylic acids is 3. The van der Waals surface area contributed by atoms with Crippen molar-refractivity contribution in [3.05, 3.63) is 52.0 Å². The number of nitrogens with one attached hydrogen (secondary N) is 1. The predicted octanol–water partition coefficient (Wildman–Crippen LogP) is 4.64. The number of ether oxygens (including phenoxy) is 2. The number of hydrogen-bond acceptors (Lipinski definition) is 5. The average Bonchev–Trinajstić information content (AvgIpc) is 3.15. The topological polar surface area (TPSA) is 84.9 Å². The van der Waals surface area contributed by atoms with Crippen molar-refractivity contribution in [2.75, 3.05) is 23.4 Å². The second-order valence-electron chi connectivity index (χ2n) is 8.33. The minimum Gasteiger partial charge on any atom is -0.491 e. The summed E-state index contributed by atoms with van der Waals surface area (Å²) in [6.45, 7) is 7.61. The van der Waals surface area contributed by atoms with Gasteiger partial charge in [-0.05, 0) is 74.7 Å². The summed E-state index contributed by atoms with van der Waals surface area (Å²) in [5.41, 5.74) is 3.34. The van der Waals surface area contributed by atoms with Crippen LogP contribution in [-0.2, 0) is 25.5 Å². The molecule has 0 saturated carbocycles. The maximum Gasteiger partial charge on any atom is 0.311 e. The smallest absolute Gasteiger partial charge is 0.311 e. The van der Waals surface area contributed by atoms with Crippen LogP contribution in [0, 0.1) is 12.8 Å². The third-order valence-corrected chi connectivity index (χ3v) is 5.81. The van der Waals surface area contributed by atoms with E-state index in [-0.39, 0.29) is 25.0 Å². The maximum atomic E-state index is 12.5. The number of nitrogens with zero attached hydrogens (tertiary/aromatic N) is 1. The van der Waals surface area contributed by atoms with Gasteiger partial charge in [-0.2, -0.15) is 0 Å². The SMILES string of the molecule is CCc1cc(Br)cc(C)c1NC(=O)COC(=O)[C@H]1CC(=O)N(c2ccc(OC(C)C)cc2)C1. The highest BCUT2D eigenvalue weighted by Crippen LogP contribution is 2.28. The van der Waals surface area contributed by atoms with E-state index in [1.165, 1.54) is 0 Å². The van der Waals surface area contributed by atoms with E-state index in [0.29, 0.717) is 5.69 Å². The third kappa shape index (κ3) is 6.35. The van der Waals surface area contributed by atoms with Gasteiger partial charge < -0.3 is 19.7 Å². The Hall–Kier alpha value is -2.87. The average molecular weight is 517 g/mol. The lowest BCUT2D eigenvalue weighted by atomic mass is 10.1. The molecule has 0 spiro atoms. The van der Waals surface area contributed by atoms with Crippen molar-refractivity contribution in [1.29, 1.82) is 0 Å². The van der Waals surface area contributed by atoms with E-state index in [9.17, 15) is 14.4 Å². The fraction of sp³-hybridized carbons (Fsp3) is 0.400. The van der Waals surface area contributed by atoms with E-state index < -0.39 is 24.4 Å². The zero-order chi connectivity index (χ0) is 24.1. The van der Waals surface area contributed by atoms with Crippen molar-refractivity contribution in [3.8, 4) is 5.75 Å². The van der Waals surface area contributed by atoms with E-state index in [0.717, 1.165) is 33.5 Å². The molecular weight excluding hydrogens is 488 g/mol. The molecular formula is C25H29BrN2O5. The standard InChI is InChI=1S/C25H29BrN2O5/c1-5-17-11-19(26)10-16(4)24(17)27-22(29)14-32-25(31)18-12-23(30)28(13-18)20-6-8-21(9-7-20)33-15(2)3/h6-11,15,18H,5,12-14H2,1-4H3,(H,27,29)/t18-/m0/s1. The van der Waals surface area contributed by atoms with Gasteiger partial charge in [-0.15, -0.1) is 0 Å². The Kier molecular flexibility index (Phi) is 8.13. The minimum absolute atomic E-state index is 0.0521. The minimum atomic E-state index is -0.613. The highest BCUT2D eigenvalue weighted by molar-refractivity contribution is 9.10. The molecule has 0 bridgehead atoms. The highest BCUT2D eigenvalue weighted by atomic mass is 79.9. The number of esters is 1. The predicted molar refractivity (Wildman–Crippen MR) is 131 cm³/mol. The molecule has 0 aromatic heterocycles. The zero-order valence-electron chi connectivity index (χ0n) is 19.3. The van der Waals surface area contributed by atoms with Crippen LogP contribution in [-0.4, -0.2) is 37.0 Å². The number of benzene rings is 2. The molecule has 2 aromatic carbocycles. The molecule has 1 N–H and O–H groups in total. The molecule has 1 atom stereocenters. The monoisotopic (exact) mass is 516 g/mol. The van der Waals surface area contributed by atoms with Gasteiger partial charge in [0.1, 0.15) is 5.75 Å². The number of hydrogen-bond donors (Lipinski definition) is 1. The first kappa shape index (κ1) is 24.8. The molecule has 0 aliphatic carbocycles. The Labute approximate surface area is 202 Å². The Morgan fingerprint density at radius 1 is 1.21 bits per heavy atom. The van der Waals surface area contributed by atoms with E-state index in [1.807, 2.05) is 39.8 Å². The molecule has 2 amide bonds. The number of amides is 2. The maximum absolute atomic E-state index is 12.5. The third-order valence-electron chi connectivity index (χ3n) is 5.35. The largest absolute Gasteiger partial charge is 0.491 e. The summed E-state index contributed by atoms with van der Waals surface area (Å²) in [6, 6.07) is 11.1. The second-order valence-corrected chi connectivity index (χ2v) is 9.25. The van der Waals surface area contributed by atoms with Crippen LogP contribution >= 0.6 is 15.9 Å². The van der Waals surface area contributed by atoms with Crippen LogP contribution in [0.3, 0.4) is 0 Å². The fourth-order valence-electron chi connectivity index (χ4n) is 3.79. The lowest BCUT2D eigenvalue weighted by Gasteiger charge is -2.18. The lowest BCUT2D eigenvalue weighted by molar-refractivity contribution is -0.151. The highest BCUT2D eigenvalue weighted by Gasteiger charge is 2.36. The molecule has 8 heteroatoms. The first-order chi connectivity index (χ1) is 15.7. The van der Waals surface area contributed by atoms with Crippen molar-refractivity contribution in [3.63, 3.8) is 0 Å². The van der Waals surface area contributed by atoms with Gasteiger partial charge in [0.15, 0.2) is 6.61 Å². The number of halogens is 1. The van der Waals surface area contributed by atoms with Crippen molar-refractivity contribution in [2.24, 2.45) is 5.92 Å². The summed E-state index contributed by atoms with van der Waals surface area (Å²) < 4.78 is 11.8. The summed E-state index contributed by atoms with van der Waals surface area (Å²) in [5.74, 6) is -1.02. The van der Waals surface area contributed by atoms with Gasteiger partial charge in [-0.3, -0.25) is 14.4 Å². The number of rotatable bonds is 8. The molecule has 2 aromatic rings. The van der Waals surface area contributed by atoms with Gasteiger partial charge in [0.2, 0.25) is 5.91 Å². The van der Waals surface area contributed by atoms with Crippen LogP contribution < -0.4 is 15.0 Å². The first-order valence-electron chi connectivity index (χ1n) is 11.0. The molecule has 3 rings (SSSR count). The molecule has 1 aliphatic rings. The normalized spacial score (nSPS) is 15.6. The van der Waals surface area contributed by atoms with E-state index in [1.54, 1.807) is 29.2 Å². The molecule has 1 aliphatic heterocycles. The van der Waals surface area contributed by atoms with Crippen molar-refractivity contribution in [2.45, 2.75) is 46.6 Å². The lowest BCUT2D eigenvalue weighted by Crippen LogP contribution is -2.28. The quantitative estimate of drug-likeness (QED) is 0.516. The van der Waals surface area contributed by atoms with Gasteiger partial charge in [0, 0.05) is 28.8 Å². The molecule has 33 heavy (non-hydrogen) atoms. The van der Waals surface area contributed by atoms with Crippen LogP contribution in [0.1, 0.15) is 38.3 Å². The van der Waals surface area contributed by atoms with E-state index >= 15 is 0 Å². The molecule has 7 nitrogen and oxygen atoms in total. The van der Waals surface area contributed by atoms with Gasteiger partial charge in [-0.25, -0.2) is 0 Å². The summed E-state index contributed by atoms with van der Waals surface area (Å²) in [7, 11) is 0. The molecule has 1 fully saturated rings. The number of aryl methyl sites for hydroxylation is 2. The second kappa shape index (κ2) is 10.8. The van der Waals surface area contributed by atoms with E-state index in [4.69, 9.17) is 9.47 Å². The van der Waals surface area contributed by atoms with Crippen molar-refractivity contribution < 1.29 is 23.9 Å². The Balaban J connectivity index is 1.55. The molecule has 1 saturated heterocycles. The Bertz CT molecular complexity index is 1040. The number of anilines is 2. The molecule has 176 valence electrons. The Morgan fingerprint density at radius 3 is 2.55 bits per heavy atom. The van der Waals surface area contributed by atoms with Crippen LogP contribution in [0.15, 0.2) is 40.9 Å². The Morgan fingerprint density at radius 2 is 1.91 bits per heavy atom. The van der Waals surface area contributed by atoms with Crippen LogP contribution in [0.25, 0.3) is 0 Å². The van der Waals surface area contributed by atoms with Gasteiger partial charge in [-0.1, -0.05) is 22.9 Å². The summed E-state index contributed by atoms with van der Waals surface area (Å²) in [4.78, 5) is 39.0. The zero-order valence-corrected chi connectivity index (χ0v) is 20.9. The first-order valence-corrected chi connectivity index (χ1v) is 11.8. The summed E-state index contributed by atoms with van der Waals surface area (Å²) >= 11 is 3.46. The van der Waals surface area contributed by atoms with Crippen molar-refractivity contribution >= 4 is 45.1 Å². The van der Waals surface area contributed by atoms with Crippen molar-refractivity contribution in [1.82, 2.24) is 0 Å². The summed E-state index contributed by atoms with van der Waals surface area (Å²) in [5, 5.41) is 2.84. The van der Waals surface area contributed by atoms with Crippen LogP contribution in [0.4, 0.5) is 11.4 Å². The fourth-order valence-corrected chi connectivity index (χ4v) is 4.41.